The molecule has 0 amide bonds. The van der Waals surface area contributed by atoms with Crippen LogP contribution in [0, 0.1) is 0 Å². The first-order valence-corrected chi connectivity index (χ1v) is 1.82. The summed E-state index contributed by atoms with van der Waals surface area (Å²) in [6, 6.07) is 0. The largest absolute Gasteiger partial charge is 0.412 e. The Labute approximate surface area is 46.8 Å². The third kappa shape index (κ3) is 8.92. The van der Waals surface area contributed by atoms with Gasteiger partial charge in [0.25, 0.3) is 0 Å². The molecular formula is C4H8O4. The summed E-state index contributed by atoms with van der Waals surface area (Å²) in [4.78, 5) is 19.6. The molecule has 0 aromatic rings. The maximum Gasteiger partial charge on any atom is 0.310 e. The van der Waals surface area contributed by atoms with Crippen molar-refractivity contribution >= 4 is 11.9 Å². The Balaban J connectivity index is 0. The third-order valence-electron chi connectivity index (χ3n) is 0.287. The maximum absolute atomic E-state index is 9.81. The van der Waals surface area contributed by atoms with Gasteiger partial charge in [-0.05, 0) is 0 Å². The molecule has 48 valence electrons. The molecule has 0 atom stereocenters. The van der Waals surface area contributed by atoms with Crippen molar-refractivity contribution in [1.82, 2.24) is 0 Å². The van der Waals surface area contributed by atoms with Gasteiger partial charge in [0.1, 0.15) is 0 Å². The van der Waals surface area contributed by atoms with E-state index in [4.69, 9.17) is 0 Å². The predicted octanol–water partition coefficient (Wildman–Crippen LogP) is -0.729. The minimum Gasteiger partial charge on any atom is -0.412 e. The zero-order chi connectivity index (χ0) is 5.86. The fourth-order valence-electron chi connectivity index (χ4n) is 0.202. The van der Waals surface area contributed by atoms with Crippen LogP contribution in [0.2, 0.25) is 0 Å². The molecule has 0 fully saturated rings. The summed E-state index contributed by atoms with van der Waals surface area (Å²) >= 11 is 0. The van der Waals surface area contributed by atoms with Crippen LogP contribution in [0.25, 0.3) is 0 Å². The summed E-state index contributed by atoms with van der Waals surface area (Å²) in [5, 5.41) is 0. The van der Waals surface area contributed by atoms with E-state index >= 15 is 0 Å². The molecule has 0 heterocycles. The first-order valence-electron chi connectivity index (χ1n) is 1.82. The first-order chi connectivity index (χ1) is 3.13. The van der Waals surface area contributed by atoms with E-state index in [9.17, 15) is 9.59 Å². The lowest BCUT2D eigenvalue weighted by Gasteiger charge is -1.87. The number of hydrogen-bond acceptors (Lipinski definition) is 3. The lowest BCUT2D eigenvalue weighted by atomic mass is 10.7. The van der Waals surface area contributed by atoms with Gasteiger partial charge in [-0.25, -0.2) is 0 Å². The second-order valence-electron chi connectivity index (χ2n) is 1.09. The molecule has 0 unspecified atom stereocenters. The van der Waals surface area contributed by atoms with Gasteiger partial charge in [0.15, 0.2) is 0 Å². The monoisotopic (exact) mass is 120 g/mol. The van der Waals surface area contributed by atoms with Crippen molar-refractivity contribution in [1.29, 1.82) is 0 Å². The van der Waals surface area contributed by atoms with Crippen LogP contribution in [0.1, 0.15) is 13.8 Å². The molecule has 0 aliphatic heterocycles. The molecule has 0 saturated carbocycles. The standard InChI is InChI=1S/C4H6O3.H2O/c1-3(5)7-4(2)6;/h1-2H3;1H2. The smallest absolute Gasteiger partial charge is 0.310 e. The average Bonchev–Trinajstić information content (AvgIpc) is 1.27. The molecular weight excluding hydrogens is 112 g/mol. The summed E-state index contributed by atoms with van der Waals surface area (Å²) in [7, 11) is 0. The molecule has 0 aliphatic carbocycles. The number of rotatable bonds is 0. The van der Waals surface area contributed by atoms with Crippen LogP contribution >= 0.6 is 0 Å². The van der Waals surface area contributed by atoms with E-state index in [0.717, 1.165) is 0 Å². The van der Waals surface area contributed by atoms with Crippen molar-refractivity contribution in [2.75, 3.05) is 0 Å². The Morgan fingerprint density at radius 2 is 1.38 bits per heavy atom. The molecule has 2 N–H and O–H groups in total. The first kappa shape index (κ1) is 10.2. The summed E-state index contributed by atoms with van der Waals surface area (Å²) < 4.78 is 3.97. The lowest BCUT2D eigenvalue weighted by Crippen LogP contribution is -2.03. The van der Waals surface area contributed by atoms with Gasteiger partial charge in [-0.2, -0.15) is 0 Å². The quantitative estimate of drug-likeness (QED) is 0.312. The average molecular weight is 120 g/mol. The predicted molar refractivity (Wildman–Crippen MR) is 26.1 cm³/mol. The Morgan fingerprint density at radius 1 is 1.12 bits per heavy atom. The fraction of sp³-hybridized carbons (Fsp3) is 0.500. The minimum absolute atomic E-state index is 0. The topological polar surface area (TPSA) is 74.9 Å². The molecule has 0 saturated heterocycles. The number of carbonyl (C=O) groups is 2. The minimum atomic E-state index is -0.562. The highest BCUT2D eigenvalue weighted by atomic mass is 16.6. The van der Waals surface area contributed by atoms with Crippen LogP contribution in [-0.4, -0.2) is 17.4 Å². The fourth-order valence-corrected chi connectivity index (χ4v) is 0.202. The van der Waals surface area contributed by atoms with Gasteiger partial charge in [-0.15, -0.1) is 0 Å². The van der Waals surface area contributed by atoms with Crippen molar-refractivity contribution in [3.05, 3.63) is 0 Å². The van der Waals surface area contributed by atoms with Gasteiger partial charge < -0.3 is 10.2 Å². The number of carbonyl (C=O) groups excluding carboxylic acids is 2. The summed E-state index contributed by atoms with van der Waals surface area (Å²) in [6.07, 6.45) is 0. The van der Waals surface area contributed by atoms with Gasteiger partial charge in [0.2, 0.25) is 0 Å². The van der Waals surface area contributed by atoms with E-state index in [1.54, 1.807) is 0 Å². The Kier molecular flexibility index (Phi) is 5.41. The van der Waals surface area contributed by atoms with Crippen molar-refractivity contribution in [2.45, 2.75) is 13.8 Å². The molecule has 4 heteroatoms. The van der Waals surface area contributed by atoms with Gasteiger partial charge in [-0.1, -0.05) is 0 Å². The molecule has 0 aromatic heterocycles. The highest BCUT2D eigenvalue weighted by Gasteiger charge is 1.93. The van der Waals surface area contributed by atoms with E-state index in [1.807, 2.05) is 0 Å². The van der Waals surface area contributed by atoms with E-state index in [1.165, 1.54) is 13.8 Å². The molecule has 0 spiro atoms. The molecule has 0 aliphatic rings. The summed E-state index contributed by atoms with van der Waals surface area (Å²) in [5.41, 5.74) is 0. The zero-order valence-corrected chi connectivity index (χ0v) is 4.72. The van der Waals surface area contributed by atoms with E-state index in [0.29, 0.717) is 0 Å². The van der Waals surface area contributed by atoms with E-state index in [2.05, 4.69) is 4.74 Å². The van der Waals surface area contributed by atoms with Gasteiger partial charge in [0.05, 0.1) is 0 Å². The second kappa shape index (κ2) is 4.26. The third-order valence-corrected chi connectivity index (χ3v) is 0.287. The Morgan fingerprint density at radius 3 is 1.38 bits per heavy atom. The van der Waals surface area contributed by atoms with Crippen molar-refractivity contribution in [3.8, 4) is 0 Å². The summed E-state index contributed by atoms with van der Waals surface area (Å²) in [5.74, 6) is -1.12. The van der Waals surface area contributed by atoms with Crippen LogP contribution in [0.4, 0.5) is 0 Å². The molecule has 8 heavy (non-hydrogen) atoms. The lowest BCUT2D eigenvalue weighted by molar-refractivity contribution is -0.156. The highest BCUT2D eigenvalue weighted by molar-refractivity contribution is 5.82. The Bertz CT molecular complexity index is 84.2. The Hall–Kier alpha value is -0.900. The number of hydrogen-bond donors (Lipinski definition) is 0. The molecule has 0 bridgehead atoms. The van der Waals surface area contributed by atoms with E-state index in [-0.39, 0.29) is 5.48 Å². The molecule has 0 rings (SSSR count). The van der Waals surface area contributed by atoms with Crippen molar-refractivity contribution in [2.24, 2.45) is 0 Å². The molecule has 0 radical (unpaired) electrons. The van der Waals surface area contributed by atoms with Crippen LogP contribution < -0.4 is 0 Å². The number of ether oxygens (including phenoxy) is 1. The SMILES string of the molecule is CC(=O)OC(C)=O.O. The van der Waals surface area contributed by atoms with Gasteiger partial charge >= 0.3 is 11.9 Å². The second-order valence-corrected chi connectivity index (χ2v) is 1.09. The normalized spacial score (nSPS) is 6.75. The zero-order valence-electron chi connectivity index (χ0n) is 4.72. The number of esters is 2. The van der Waals surface area contributed by atoms with Crippen LogP contribution in [0.3, 0.4) is 0 Å². The van der Waals surface area contributed by atoms with Crippen LogP contribution in [-0.2, 0) is 14.3 Å². The van der Waals surface area contributed by atoms with E-state index < -0.39 is 11.9 Å². The maximum atomic E-state index is 9.81. The molecule has 4 nitrogen and oxygen atoms in total. The van der Waals surface area contributed by atoms with Gasteiger partial charge in [0, 0.05) is 13.8 Å². The molecule has 0 aromatic carbocycles. The highest BCUT2D eigenvalue weighted by Crippen LogP contribution is 1.73. The van der Waals surface area contributed by atoms with Crippen molar-refractivity contribution < 1.29 is 19.8 Å². The van der Waals surface area contributed by atoms with Crippen molar-refractivity contribution in [3.63, 3.8) is 0 Å². The van der Waals surface area contributed by atoms with Crippen LogP contribution in [0.15, 0.2) is 0 Å². The van der Waals surface area contributed by atoms with Gasteiger partial charge in [-0.3, -0.25) is 9.59 Å². The summed E-state index contributed by atoms with van der Waals surface area (Å²) in [6.45, 7) is 2.36. The van der Waals surface area contributed by atoms with Crippen LogP contribution in [0.5, 0.6) is 0 Å².